The SMILES string of the molecule is CCc1nnc(CN2CCCC2)n1-c1ccc(Br)cc1C(=O)c1ccccn1. The molecule has 1 aliphatic heterocycles. The highest BCUT2D eigenvalue weighted by atomic mass is 79.9. The first-order chi connectivity index (χ1) is 13.7. The maximum absolute atomic E-state index is 13.2. The summed E-state index contributed by atoms with van der Waals surface area (Å²) < 4.78 is 2.89. The molecular formula is C21H22BrN5O. The minimum absolute atomic E-state index is 0.111. The van der Waals surface area contributed by atoms with Gasteiger partial charge in [0.15, 0.2) is 5.82 Å². The van der Waals surface area contributed by atoms with Crippen molar-refractivity contribution in [3.8, 4) is 5.69 Å². The van der Waals surface area contributed by atoms with Crippen molar-refractivity contribution in [3.63, 3.8) is 0 Å². The van der Waals surface area contributed by atoms with E-state index in [1.54, 1.807) is 12.3 Å². The molecule has 0 aliphatic carbocycles. The molecule has 0 amide bonds. The number of aromatic nitrogens is 4. The molecule has 0 radical (unpaired) electrons. The lowest BCUT2D eigenvalue weighted by Crippen LogP contribution is -2.22. The molecule has 4 rings (SSSR count). The van der Waals surface area contributed by atoms with Crippen LogP contribution in [0.5, 0.6) is 0 Å². The topological polar surface area (TPSA) is 63.9 Å². The van der Waals surface area contributed by atoms with Crippen LogP contribution in [-0.2, 0) is 13.0 Å². The molecule has 6 nitrogen and oxygen atoms in total. The predicted molar refractivity (Wildman–Crippen MR) is 111 cm³/mol. The summed E-state index contributed by atoms with van der Waals surface area (Å²) in [4.78, 5) is 19.9. The Morgan fingerprint density at radius 3 is 2.61 bits per heavy atom. The number of hydrogen-bond donors (Lipinski definition) is 0. The minimum atomic E-state index is -0.111. The number of halogens is 1. The monoisotopic (exact) mass is 439 g/mol. The Bertz CT molecular complexity index is 980. The molecule has 0 spiro atoms. The molecule has 0 bridgehead atoms. The van der Waals surface area contributed by atoms with Crippen LogP contribution in [0.15, 0.2) is 47.1 Å². The Hall–Kier alpha value is -2.38. The standard InChI is InChI=1S/C21H22BrN5O/c1-2-19-24-25-20(14-26-11-5-6-12-26)27(19)18-9-8-15(22)13-16(18)21(28)17-7-3-4-10-23-17/h3-4,7-10,13H,2,5-6,11-12,14H2,1H3. The summed E-state index contributed by atoms with van der Waals surface area (Å²) in [5.74, 6) is 1.61. The first-order valence-electron chi connectivity index (χ1n) is 9.58. The van der Waals surface area contributed by atoms with Gasteiger partial charge in [-0.15, -0.1) is 10.2 Å². The second kappa shape index (κ2) is 8.32. The van der Waals surface area contributed by atoms with E-state index < -0.39 is 0 Å². The van der Waals surface area contributed by atoms with Crippen molar-refractivity contribution in [1.82, 2.24) is 24.6 Å². The summed E-state index contributed by atoms with van der Waals surface area (Å²) in [6.45, 7) is 4.95. The molecule has 1 aliphatic rings. The van der Waals surface area contributed by atoms with Gasteiger partial charge in [0.2, 0.25) is 5.78 Å². The Balaban J connectivity index is 1.81. The summed E-state index contributed by atoms with van der Waals surface area (Å²) in [7, 11) is 0. The molecule has 0 N–H and O–H groups in total. The van der Waals surface area contributed by atoms with Crippen LogP contribution >= 0.6 is 15.9 Å². The number of carbonyl (C=O) groups is 1. The number of benzene rings is 1. The first kappa shape index (κ1) is 19.0. The zero-order valence-corrected chi connectivity index (χ0v) is 17.4. The van der Waals surface area contributed by atoms with Gasteiger partial charge < -0.3 is 0 Å². The van der Waals surface area contributed by atoms with E-state index in [1.165, 1.54) is 12.8 Å². The summed E-state index contributed by atoms with van der Waals surface area (Å²) in [5, 5.41) is 8.85. The number of pyridine rings is 1. The Morgan fingerprint density at radius 1 is 1.11 bits per heavy atom. The van der Waals surface area contributed by atoms with E-state index in [9.17, 15) is 4.79 Å². The van der Waals surface area contributed by atoms with Crippen LogP contribution < -0.4 is 0 Å². The maximum atomic E-state index is 13.2. The lowest BCUT2D eigenvalue weighted by atomic mass is 10.0. The van der Waals surface area contributed by atoms with Crippen LogP contribution in [0.4, 0.5) is 0 Å². The van der Waals surface area contributed by atoms with E-state index in [2.05, 4.69) is 42.9 Å². The predicted octanol–water partition coefficient (Wildman–Crippen LogP) is 3.81. The molecular weight excluding hydrogens is 418 g/mol. The lowest BCUT2D eigenvalue weighted by molar-refractivity contribution is 0.103. The number of rotatable bonds is 6. The van der Waals surface area contributed by atoms with Gasteiger partial charge >= 0.3 is 0 Å². The summed E-state index contributed by atoms with van der Waals surface area (Å²) >= 11 is 3.50. The second-order valence-electron chi connectivity index (χ2n) is 6.91. The molecule has 0 unspecified atom stereocenters. The minimum Gasteiger partial charge on any atom is -0.296 e. The van der Waals surface area contributed by atoms with E-state index in [1.807, 2.05) is 34.9 Å². The molecule has 7 heteroatoms. The molecule has 0 atom stereocenters. The van der Waals surface area contributed by atoms with Gasteiger partial charge in [-0.25, -0.2) is 0 Å². The van der Waals surface area contributed by atoms with Gasteiger partial charge in [-0.1, -0.05) is 28.9 Å². The molecule has 1 fully saturated rings. The number of carbonyl (C=O) groups excluding carboxylic acids is 1. The average Bonchev–Trinajstić information content (AvgIpc) is 3.38. The smallest absolute Gasteiger partial charge is 0.213 e. The van der Waals surface area contributed by atoms with Crippen LogP contribution in [0.1, 0.15) is 47.5 Å². The molecule has 144 valence electrons. The molecule has 1 aromatic carbocycles. The highest BCUT2D eigenvalue weighted by Gasteiger charge is 2.23. The van der Waals surface area contributed by atoms with Crippen LogP contribution in [0.2, 0.25) is 0 Å². The van der Waals surface area contributed by atoms with Gasteiger partial charge in [-0.05, 0) is 56.3 Å². The van der Waals surface area contributed by atoms with Crippen molar-refractivity contribution in [2.75, 3.05) is 13.1 Å². The zero-order chi connectivity index (χ0) is 19.5. The van der Waals surface area contributed by atoms with Crippen molar-refractivity contribution >= 4 is 21.7 Å². The van der Waals surface area contributed by atoms with Crippen LogP contribution in [0.25, 0.3) is 5.69 Å². The van der Waals surface area contributed by atoms with Gasteiger partial charge in [0, 0.05) is 22.7 Å². The number of hydrogen-bond acceptors (Lipinski definition) is 5. The average molecular weight is 440 g/mol. The van der Waals surface area contributed by atoms with E-state index in [-0.39, 0.29) is 5.78 Å². The molecule has 0 saturated carbocycles. The fourth-order valence-electron chi connectivity index (χ4n) is 3.62. The van der Waals surface area contributed by atoms with E-state index in [0.29, 0.717) is 11.3 Å². The Morgan fingerprint density at radius 2 is 1.89 bits per heavy atom. The Labute approximate surface area is 172 Å². The highest BCUT2D eigenvalue weighted by molar-refractivity contribution is 9.10. The van der Waals surface area contributed by atoms with Crippen LogP contribution in [-0.4, -0.2) is 43.5 Å². The van der Waals surface area contributed by atoms with E-state index in [4.69, 9.17) is 0 Å². The van der Waals surface area contributed by atoms with Crippen LogP contribution in [0.3, 0.4) is 0 Å². The van der Waals surface area contributed by atoms with E-state index >= 15 is 0 Å². The highest BCUT2D eigenvalue weighted by Crippen LogP contribution is 2.26. The van der Waals surface area contributed by atoms with Gasteiger partial charge in [0.1, 0.15) is 11.5 Å². The van der Waals surface area contributed by atoms with Gasteiger partial charge in [0.25, 0.3) is 0 Å². The van der Waals surface area contributed by atoms with Gasteiger partial charge in [0.05, 0.1) is 12.2 Å². The van der Waals surface area contributed by atoms with Crippen molar-refractivity contribution < 1.29 is 4.79 Å². The van der Waals surface area contributed by atoms with E-state index in [0.717, 1.165) is 47.9 Å². The molecule has 1 saturated heterocycles. The quantitative estimate of drug-likeness (QED) is 0.546. The number of ketones is 1. The normalized spacial score (nSPS) is 14.5. The Kier molecular flexibility index (Phi) is 5.64. The molecule has 28 heavy (non-hydrogen) atoms. The number of nitrogens with zero attached hydrogens (tertiary/aromatic N) is 5. The number of likely N-dealkylation sites (tertiary alicyclic amines) is 1. The maximum Gasteiger partial charge on any atom is 0.213 e. The molecule has 3 heterocycles. The largest absolute Gasteiger partial charge is 0.296 e. The van der Waals surface area contributed by atoms with Crippen LogP contribution in [0, 0.1) is 0 Å². The zero-order valence-electron chi connectivity index (χ0n) is 15.8. The third kappa shape index (κ3) is 3.77. The molecule has 2 aromatic heterocycles. The third-order valence-electron chi connectivity index (χ3n) is 5.02. The van der Waals surface area contributed by atoms with Crippen molar-refractivity contribution in [2.45, 2.75) is 32.7 Å². The van der Waals surface area contributed by atoms with Gasteiger partial charge in [-0.2, -0.15) is 0 Å². The fraction of sp³-hybridized carbons (Fsp3) is 0.333. The fourth-order valence-corrected chi connectivity index (χ4v) is 3.99. The van der Waals surface area contributed by atoms with Crippen molar-refractivity contribution in [3.05, 3.63) is 70.0 Å². The lowest BCUT2D eigenvalue weighted by Gasteiger charge is -2.18. The molecule has 3 aromatic rings. The van der Waals surface area contributed by atoms with Gasteiger partial charge in [-0.3, -0.25) is 19.2 Å². The second-order valence-corrected chi connectivity index (χ2v) is 7.83. The third-order valence-corrected chi connectivity index (χ3v) is 5.51. The summed E-state index contributed by atoms with van der Waals surface area (Å²) in [6, 6.07) is 11.1. The first-order valence-corrected chi connectivity index (χ1v) is 10.4. The summed E-state index contributed by atoms with van der Waals surface area (Å²) in [5.41, 5.74) is 1.81. The number of aryl methyl sites for hydroxylation is 1. The summed E-state index contributed by atoms with van der Waals surface area (Å²) in [6.07, 6.45) is 4.81. The van der Waals surface area contributed by atoms with Crippen molar-refractivity contribution in [1.29, 1.82) is 0 Å². The van der Waals surface area contributed by atoms with Crippen molar-refractivity contribution in [2.24, 2.45) is 0 Å².